The summed E-state index contributed by atoms with van der Waals surface area (Å²) in [5, 5.41) is 8.45. The van der Waals surface area contributed by atoms with E-state index in [0.717, 1.165) is 0 Å². The summed E-state index contributed by atoms with van der Waals surface area (Å²) in [5.41, 5.74) is -9.97. The van der Waals surface area contributed by atoms with Crippen molar-refractivity contribution in [3.05, 3.63) is 0 Å². The van der Waals surface area contributed by atoms with Gasteiger partial charge in [0.05, 0.1) is 0 Å². The number of carboxylic acids is 1. The minimum Gasteiger partial charge on any atom is -0.479 e. The Morgan fingerprint density at radius 1 is 1.05 bits per heavy atom. The first kappa shape index (κ1) is 18.9. The molecule has 0 radical (unpaired) electrons. The predicted octanol–water partition coefficient (Wildman–Crippen LogP) is 1.57. The molecular weight excluding hydrogens is 326 g/mol. The molecule has 0 fully saturated rings. The lowest BCUT2D eigenvalue weighted by molar-refractivity contribution is -0.326. The summed E-state index contributed by atoms with van der Waals surface area (Å²) >= 11 is 0. The standard InChI is InChI=1S/C7H8F6O6S/c1-4(3(14)15,19-20(16,17)18)6(9,10)5(2,8)7(11,12)13/h1-2H3,(H,14,15)(H,16,17,18). The SMILES string of the molecule is CC(OS(=O)(=O)O)(C(=O)O)C(F)(F)C(C)(F)C(F)(F)F. The maximum Gasteiger partial charge on any atom is 0.428 e. The quantitative estimate of drug-likeness (QED) is 0.585. The van der Waals surface area contributed by atoms with Gasteiger partial charge in [-0.3, -0.25) is 4.55 Å². The van der Waals surface area contributed by atoms with E-state index in [2.05, 4.69) is 4.18 Å². The maximum absolute atomic E-state index is 13.6. The number of alkyl halides is 6. The van der Waals surface area contributed by atoms with Crippen molar-refractivity contribution in [3.8, 4) is 0 Å². The molecule has 20 heavy (non-hydrogen) atoms. The van der Waals surface area contributed by atoms with Crippen molar-refractivity contribution in [1.29, 1.82) is 0 Å². The van der Waals surface area contributed by atoms with Gasteiger partial charge in [0.15, 0.2) is 0 Å². The van der Waals surface area contributed by atoms with E-state index >= 15 is 0 Å². The van der Waals surface area contributed by atoms with Gasteiger partial charge in [0, 0.05) is 0 Å². The zero-order valence-corrected chi connectivity index (χ0v) is 10.5. The molecule has 0 aliphatic rings. The van der Waals surface area contributed by atoms with E-state index in [9.17, 15) is 39.6 Å². The second-order valence-electron chi connectivity index (χ2n) is 3.92. The summed E-state index contributed by atoms with van der Waals surface area (Å²) in [4.78, 5) is 10.6. The number of hydrogen-bond acceptors (Lipinski definition) is 4. The first-order valence-corrected chi connectivity index (χ1v) is 5.81. The van der Waals surface area contributed by atoms with Gasteiger partial charge >= 0.3 is 28.5 Å². The van der Waals surface area contributed by atoms with E-state index in [1.54, 1.807) is 0 Å². The zero-order chi connectivity index (χ0) is 16.8. The summed E-state index contributed by atoms with van der Waals surface area (Å²) in [6, 6.07) is 0. The molecule has 0 aromatic rings. The number of carbonyl (C=O) groups is 1. The molecule has 6 nitrogen and oxygen atoms in total. The minimum absolute atomic E-state index is 0.327. The summed E-state index contributed by atoms with van der Waals surface area (Å²) in [6.45, 7) is -1.02. The van der Waals surface area contributed by atoms with Crippen LogP contribution in [0.1, 0.15) is 13.8 Å². The van der Waals surface area contributed by atoms with E-state index in [1.807, 2.05) is 0 Å². The molecule has 13 heteroatoms. The molecule has 0 aromatic heterocycles. The third-order valence-corrected chi connectivity index (χ3v) is 2.95. The van der Waals surface area contributed by atoms with Crippen molar-refractivity contribution >= 4 is 16.4 Å². The van der Waals surface area contributed by atoms with Crippen LogP contribution in [0.3, 0.4) is 0 Å². The smallest absolute Gasteiger partial charge is 0.428 e. The van der Waals surface area contributed by atoms with Crippen LogP contribution in [0.15, 0.2) is 0 Å². The lowest BCUT2D eigenvalue weighted by Gasteiger charge is -2.39. The van der Waals surface area contributed by atoms with Crippen LogP contribution in [0.25, 0.3) is 0 Å². The van der Waals surface area contributed by atoms with Gasteiger partial charge < -0.3 is 5.11 Å². The van der Waals surface area contributed by atoms with Crippen molar-refractivity contribution < 1.29 is 53.4 Å². The van der Waals surface area contributed by atoms with E-state index in [-0.39, 0.29) is 6.92 Å². The van der Waals surface area contributed by atoms with Crippen LogP contribution in [0.5, 0.6) is 0 Å². The van der Waals surface area contributed by atoms with Crippen molar-refractivity contribution in [2.45, 2.75) is 37.2 Å². The van der Waals surface area contributed by atoms with Gasteiger partial charge in [-0.2, -0.15) is 30.4 Å². The number of halogens is 6. The molecule has 2 unspecified atom stereocenters. The third-order valence-electron chi connectivity index (χ3n) is 2.40. The normalized spacial score (nSPS) is 20.1. The number of hydrogen-bond donors (Lipinski definition) is 2. The van der Waals surface area contributed by atoms with Crippen LogP contribution in [-0.4, -0.2) is 47.4 Å². The number of rotatable bonds is 5. The topological polar surface area (TPSA) is 101 Å². The molecule has 0 heterocycles. The van der Waals surface area contributed by atoms with Crippen molar-refractivity contribution in [3.63, 3.8) is 0 Å². The van der Waals surface area contributed by atoms with Gasteiger partial charge in [-0.25, -0.2) is 13.4 Å². The average Bonchev–Trinajstić information content (AvgIpc) is 2.11. The molecule has 0 saturated heterocycles. The Hall–Kier alpha value is -1.08. The van der Waals surface area contributed by atoms with Crippen LogP contribution >= 0.6 is 0 Å². The molecule has 0 rings (SSSR count). The van der Waals surface area contributed by atoms with Gasteiger partial charge in [0.2, 0.25) is 5.60 Å². The monoisotopic (exact) mass is 334 g/mol. The van der Waals surface area contributed by atoms with Crippen LogP contribution in [0.4, 0.5) is 26.3 Å². The fraction of sp³-hybridized carbons (Fsp3) is 0.857. The lowest BCUT2D eigenvalue weighted by atomic mass is 9.85. The Labute approximate surface area is 108 Å². The van der Waals surface area contributed by atoms with Crippen LogP contribution in [0.2, 0.25) is 0 Å². The summed E-state index contributed by atoms with van der Waals surface area (Å²) < 4.78 is 109. The summed E-state index contributed by atoms with van der Waals surface area (Å²) in [5.74, 6) is -8.83. The first-order valence-electron chi connectivity index (χ1n) is 4.45. The van der Waals surface area contributed by atoms with Crippen molar-refractivity contribution in [2.24, 2.45) is 0 Å². The molecule has 0 saturated carbocycles. The van der Waals surface area contributed by atoms with Crippen LogP contribution in [-0.2, 0) is 19.4 Å². The summed E-state index contributed by atoms with van der Waals surface area (Å²) in [7, 11) is -5.91. The molecular formula is C7H8F6O6S. The largest absolute Gasteiger partial charge is 0.479 e. The Morgan fingerprint density at radius 3 is 1.60 bits per heavy atom. The van der Waals surface area contributed by atoms with Gasteiger partial charge in [0.25, 0.3) is 5.67 Å². The maximum atomic E-state index is 13.6. The first-order chi connectivity index (χ1) is 8.40. The van der Waals surface area contributed by atoms with Crippen LogP contribution < -0.4 is 0 Å². The van der Waals surface area contributed by atoms with Gasteiger partial charge in [-0.1, -0.05) is 0 Å². The highest BCUT2D eigenvalue weighted by Crippen LogP contribution is 2.51. The molecule has 2 N–H and O–H groups in total. The molecule has 2 atom stereocenters. The second kappa shape index (κ2) is 4.73. The Kier molecular flexibility index (Phi) is 4.48. The Balaban J connectivity index is 6.15. The fourth-order valence-electron chi connectivity index (χ4n) is 1.06. The molecule has 0 aromatic carbocycles. The van der Waals surface area contributed by atoms with Gasteiger partial charge in [-0.15, -0.1) is 0 Å². The van der Waals surface area contributed by atoms with E-state index in [4.69, 9.17) is 9.66 Å². The summed E-state index contributed by atoms with van der Waals surface area (Å²) in [6.07, 6.45) is -6.24. The average molecular weight is 334 g/mol. The van der Waals surface area contributed by atoms with Gasteiger partial charge in [-0.05, 0) is 13.8 Å². The predicted molar refractivity (Wildman–Crippen MR) is 49.2 cm³/mol. The highest BCUT2D eigenvalue weighted by Gasteiger charge is 2.78. The zero-order valence-electron chi connectivity index (χ0n) is 9.70. The molecule has 0 amide bonds. The Bertz CT molecular complexity index is 496. The highest BCUT2D eigenvalue weighted by atomic mass is 32.3. The van der Waals surface area contributed by atoms with E-state index in [1.165, 1.54) is 0 Å². The molecule has 0 aliphatic heterocycles. The lowest BCUT2D eigenvalue weighted by Crippen LogP contribution is -2.67. The van der Waals surface area contributed by atoms with Gasteiger partial charge in [0.1, 0.15) is 0 Å². The molecule has 0 spiro atoms. The molecule has 0 bridgehead atoms. The van der Waals surface area contributed by atoms with Crippen LogP contribution in [0, 0.1) is 0 Å². The minimum atomic E-state index is -6.24. The number of carboxylic acid groups (broad SMARTS) is 1. The van der Waals surface area contributed by atoms with Crippen molar-refractivity contribution in [1.82, 2.24) is 0 Å². The molecule has 120 valence electrons. The van der Waals surface area contributed by atoms with E-state index < -0.39 is 46.7 Å². The van der Waals surface area contributed by atoms with Crippen molar-refractivity contribution in [2.75, 3.05) is 0 Å². The number of aliphatic carboxylic acids is 1. The third kappa shape index (κ3) is 2.98. The van der Waals surface area contributed by atoms with E-state index in [0.29, 0.717) is 0 Å². The highest BCUT2D eigenvalue weighted by molar-refractivity contribution is 7.81. The molecule has 0 aliphatic carbocycles. The fourth-order valence-corrected chi connectivity index (χ4v) is 1.66. The second-order valence-corrected chi connectivity index (χ2v) is 4.95. The Morgan fingerprint density at radius 2 is 1.40 bits per heavy atom.